The van der Waals surface area contributed by atoms with Gasteiger partial charge < -0.3 is 0 Å². The zero-order valence-electron chi connectivity index (χ0n) is 9.10. The van der Waals surface area contributed by atoms with Crippen LogP contribution in [0.4, 0.5) is 0 Å². The minimum absolute atomic E-state index is 1.22. The Morgan fingerprint density at radius 3 is 2.64 bits per heavy atom. The molecule has 0 unspecified atom stereocenters. The normalized spacial score (nSPS) is 19.9. The maximum Gasteiger partial charge on any atom is 0.0235 e. The molecule has 0 amide bonds. The van der Waals surface area contributed by atoms with Crippen LogP contribution >= 0.6 is 11.8 Å². The molecule has 14 heavy (non-hydrogen) atoms. The molecule has 0 fully saturated rings. The predicted octanol–water partition coefficient (Wildman–Crippen LogP) is 4.45. The quantitative estimate of drug-likeness (QED) is 0.654. The fourth-order valence-corrected chi connectivity index (χ4v) is 3.52. The first-order chi connectivity index (χ1) is 6.86. The van der Waals surface area contributed by atoms with Crippen LogP contribution in [-0.2, 0) is 0 Å². The Bertz CT molecular complexity index is 318. The summed E-state index contributed by atoms with van der Waals surface area (Å²) in [5.74, 6) is 1.22. The molecule has 0 aromatic carbocycles. The third kappa shape index (κ3) is 1.70. The second-order valence-corrected chi connectivity index (χ2v) is 5.04. The Labute approximate surface area is 91.2 Å². The molecule has 0 saturated carbocycles. The van der Waals surface area contributed by atoms with Crippen LogP contribution in [0.2, 0.25) is 0 Å². The van der Waals surface area contributed by atoms with E-state index in [9.17, 15) is 0 Å². The molecule has 0 aromatic rings. The van der Waals surface area contributed by atoms with Crippen molar-refractivity contribution in [2.24, 2.45) is 0 Å². The lowest BCUT2D eigenvalue weighted by atomic mass is 9.99. The van der Waals surface area contributed by atoms with E-state index in [1.807, 2.05) is 0 Å². The van der Waals surface area contributed by atoms with Gasteiger partial charge in [0.25, 0.3) is 0 Å². The second-order valence-electron chi connectivity index (χ2n) is 3.97. The van der Waals surface area contributed by atoms with Gasteiger partial charge in [-0.2, -0.15) is 0 Å². The zero-order valence-corrected chi connectivity index (χ0v) is 9.91. The molecule has 0 aromatic heterocycles. The van der Waals surface area contributed by atoms with Gasteiger partial charge in [-0.1, -0.05) is 38.8 Å². The van der Waals surface area contributed by atoms with Gasteiger partial charge in [-0.25, -0.2) is 0 Å². The summed E-state index contributed by atoms with van der Waals surface area (Å²) in [4.78, 5) is 1.65. The van der Waals surface area contributed by atoms with Crippen molar-refractivity contribution in [2.75, 3.05) is 5.75 Å². The Morgan fingerprint density at radius 2 is 1.93 bits per heavy atom. The van der Waals surface area contributed by atoms with Gasteiger partial charge in [0.1, 0.15) is 0 Å². The average Bonchev–Trinajstić information content (AvgIpc) is 2.72. The summed E-state index contributed by atoms with van der Waals surface area (Å²) >= 11 is 2.06. The van der Waals surface area contributed by atoms with E-state index in [1.54, 1.807) is 21.6 Å². The Hall–Kier alpha value is -0.430. The number of hydrogen-bond donors (Lipinski definition) is 0. The number of thioether (sulfide) groups is 1. The standard InChI is InChI=1S/C13H18S/c1-3-5-10-7-8-11-9-14-12(6-4-2)13(10)11/h7-8H,3-6,9H2,1-2H3. The number of hydrogen-bond acceptors (Lipinski definition) is 1. The van der Waals surface area contributed by atoms with E-state index in [2.05, 4.69) is 37.8 Å². The van der Waals surface area contributed by atoms with Crippen molar-refractivity contribution >= 4 is 11.8 Å². The molecule has 2 rings (SSSR count). The van der Waals surface area contributed by atoms with Crippen molar-refractivity contribution in [3.05, 3.63) is 33.8 Å². The topological polar surface area (TPSA) is 0 Å². The monoisotopic (exact) mass is 206 g/mol. The van der Waals surface area contributed by atoms with Gasteiger partial charge >= 0.3 is 0 Å². The molecule has 1 aliphatic carbocycles. The molecule has 2 aliphatic rings. The van der Waals surface area contributed by atoms with Crippen LogP contribution in [0, 0.1) is 0 Å². The molecule has 0 nitrogen and oxygen atoms in total. The predicted molar refractivity (Wildman–Crippen MR) is 65.5 cm³/mol. The smallest absolute Gasteiger partial charge is 0.0235 e. The van der Waals surface area contributed by atoms with Crippen molar-refractivity contribution in [3.63, 3.8) is 0 Å². The summed E-state index contributed by atoms with van der Waals surface area (Å²) in [6, 6.07) is 0. The second kappa shape index (κ2) is 4.39. The molecule has 0 spiro atoms. The molecule has 0 radical (unpaired) electrons. The summed E-state index contributed by atoms with van der Waals surface area (Å²) in [6.45, 7) is 4.54. The van der Waals surface area contributed by atoms with Gasteiger partial charge in [-0.15, -0.1) is 11.8 Å². The molecule has 0 saturated heterocycles. The van der Waals surface area contributed by atoms with Crippen molar-refractivity contribution in [1.29, 1.82) is 0 Å². The molecule has 0 atom stereocenters. The first kappa shape index (κ1) is 10.1. The SMILES string of the molecule is CCCC1=CC=C2CSC(CCC)=C12. The van der Waals surface area contributed by atoms with Crippen molar-refractivity contribution in [3.8, 4) is 0 Å². The van der Waals surface area contributed by atoms with Gasteiger partial charge in [0.15, 0.2) is 0 Å². The summed E-state index contributed by atoms with van der Waals surface area (Å²) in [5.41, 5.74) is 4.80. The first-order valence-electron chi connectivity index (χ1n) is 5.63. The van der Waals surface area contributed by atoms with Crippen LogP contribution in [-0.4, -0.2) is 5.75 Å². The van der Waals surface area contributed by atoms with Crippen molar-refractivity contribution in [2.45, 2.75) is 39.5 Å². The van der Waals surface area contributed by atoms with Crippen LogP contribution in [0.1, 0.15) is 39.5 Å². The molecule has 0 bridgehead atoms. The van der Waals surface area contributed by atoms with E-state index in [0.29, 0.717) is 0 Å². The van der Waals surface area contributed by atoms with E-state index in [-0.39, 0.29) is 0 Å². The van der Waals surface area contributed by atoms with E-state index in [0.717, 1.165) is 0 Å². The largest absolute Gasteiger partial charge is 0.125 e. The number of fused-ring (bicyclic) bond motifs is 1. The summed E-state index contributed by atoms with van der Waals surface area (Å²) < 4.78 is 0. The average molecular weight is 206 g/mol. The summed E-state index contributed by atoms with van der Waals surface area (Å²) in [7, 11) is 0. The fraction of sp³-hybridized carbons (Fsp3) is 0.538. The minimum atomic E-state index is 1.22. The Kier molecular flexibility index (Phi) is 3.17. The maximum atomic E-state index is 2.34. The highest BCUT2D eigenvalue weighted by molar-refractivity contribution is 8.03. The van der Waals surface area contributed by atoms with E-state index in [1.165, 1.54) is 31.4 Å². The van der Waals surface area contributed by atoms with Crippen molar-refractivity contribution < 1.29 is 0 Å². The van der Waals surface area contributed by atoms with Gasteiger partial charge in [0.2, 0.25) is 0 Å². The van der Waals surface area contributed by atoms with Crippen LogP contribution in [0.25, 0.3) is 0 Å². The van der Waals surface area contributed by atoms with Crippen LogP contribution in [0.15, 0.2) is 33.8 Å². The lowest BCUT2D eigenvalue weighted by Crippen LogP contribution is -1.88. The highest BCUT2D eigenvalue weighted by atomic mass is 32.2. The molecular weight excluding hydrogens is 188 g/mol. The Morgan fingerprint density at radius 1 is 1.14 bits per heavy atom. The molecular formula is C13H18S. The lowest BCUT2D eigenvalue weighted by molar-refractivity contribution is 0.904. The molecule has 1 heteroatoms. The van der Waals surface area contributed by atoms with Gasteiger partial charge in [0.05, 0.1) is 0 Å². The van der Waals surface area contributed by atoms with Crippen LogP contribution < -0.4 is 0 Å². The van der Waals surface area contributed by atoms with E-state index < -0.39 is 0 Å². The third-order valence-electron chi connectivity index (χ3n) is 2.81. The summed E-state index contributed by atoms with van der Waals surface area (Å²) in [5, 5.41) is 0. The van der Waals surface area contributed by atoms with Gasteiger partial charge in [0, 0.05) is 5.75 Å². The van der Waals surface area contributed by atoms with Gasteiger partial charge in [-0.3, -0.25) is 0 Å². The minimum Gasteiger partial charge on any atom is -0.125 e. The van der Waals surface area contributed by atoms with Gasteiger partial charge in [-0.05, 0) is 34.5 Å². The highest BCUT2D eigenvalue weighted by Crippen LogP contribution is 2.45. The summed E-state index contributed by atoms with van der Waals surface area (Å²) in [6.07, 6.45) is 9.74. The lowest BCUT2D eigenvalue weighted by Gasteiger charge is -2.06. The van der Waals surface area contributed by atoms with E-state index in [4.69, 9.17) is 0 Å². The molecule has 1 aliphatic heterocycles. The maximum absolute atomic E-state index is 2.34. The first-order valence-corrected chi connectivity index (χ1v) is 6.61. The molecule has 1 heterocycles. The Balaban J connectivity index is 2.22. The fourth-order valence-electron chi connectivity index (χ4n) is 2.19. The van der Waals surface area contributed by atoms with Crippen molar-refractivity contribution in [1.82, 2.24) is 0 Å². The van der Waals surface area contributed by atoms with Crippen LogP contribution in [0.3, 0.4) is 0 Å². The van der Waals surface area contributed by atoms with E-state index >= 15 is 0 Å². The highest BCUT2D eigenvalue weighted by Gasteiger charge is 2.24. The number of allylic oxidation sites excluding steroid dienone is 5. The van der Waals surface area contributed by atoms with Crippen LogP contribution in [0.5, 0.6) is 0 Å². The zero-order chi connectivity index (χ0) is 9.97. The third-order valence-corrected chi connectivity index (χ3v) is 4.02. The molecule has 0 N–H and O–H groups in total. The molecule has 76 valence electrons. The number of rotatable bonds is 4.